The Kier molecular flexibility index (Phi) is 6.25. The van der Waals surface area contributed by atoms with E-state index in [0.29, 0.717) is 18.5 Å². The van der Waals surface area contributed by atoms with Gasteiger partial charge in [0.15, 0.2) is 11.3 Å². The Hall–Kier alpha value is -3.22. The van der Waals surface area contributed by atoms with Crippen LogP contribution in [-0.2, 0) is 23.3 Å². The maximum atomic E-state index is 14.7. The molecule has 184 valence electrons. The van der Waals surface area contributed by atoms with Gasteiger partial charge in [0.1, 0.15) is 0 Å². The molecular weight excluding hydrogens is 592 g/mol. The van der Waals surface area contributed by atoms with Crippen LogP contribution in [0.5, 0.6) is 0 Å². The van der Waals surface area contributed by atoms with E-state index >= 15 is 0 Å². The number of anilines is 2. The lowest BCUT2D eigenvalue weighted by molar-refractivity contribution is -0.123. The van der Waals surface area contributed by atoms with Gasteiger partial charge >= 0.3 is 0 Å². The molecule has 2 unspecified atom stereocenters. The summed E-state index contributed by atoms with van der Waals surface area (Å²) in [5, 5.41) is 3.61. The molecule has 0 saturated carbocycles. The largest absolute Gasteiger partial charge is 0.367 e. The van der Waals surface area contributed by atoms with Gasteiger partial charge in [-0.3, -0.25) is 9.59 Å². The van der Waals surface area contributed by atoms with E-state index in [1.54, 1.807) is 0 Å². The maximum absolute atomic E-state index is 14.7. The molecule has 0 spiro atoms. The monoisotopic (exact) mass is 614 g/mol. The highest BCUT2D eigenvalue weighted by Gasteiger charge is 2.58. The molecule has 4 aromatic carbocycles. The number of carbonyl (C=O) groups excluding carboxylic acids is 2. The molecular formula is C31H24Br2N2O2. The van der Waals surface area contributed by atoms with Crippen LogP contribution in [-0.4, -0.2) is 11.7 Å². The van der Waals surface area contributed by atoms with Crippen molar-refractivity contribution in [2.45, 2.75) is 24.9 Å². The zero-order chi connectivity index (χ0) is 25.6. The molecule has 0 saturated heterocycles. The summed E-state index contributed by atoms with van der Waals surface area (Å²) in [7, 11) is 0. The third-order valence-corrected chi connectivity index (χ3v) is 8.47. The third-order valence-electron chi connectivity index (χ3n) is 7.45. The standard InChI is InChI=1S/C31H24Br2N2O2/c32-22-11-14-24(15-12-22)34-31(27-16-10-21-8-4-5-9-25(21)29(27)36)26-17-13-23(33)18-28(26)35(30(31)37)19-20-6-2-1-3-7-20/h1-9,11-15,17-18,27,34H,10,16,19H2. The van der Waals surface area contributed by atoms with E-state index in [-0.39, 0.29) is 11.7 Å². The number of fused-ring (bicyclic) bond motifs is 2. The minimum Gasteiger partial charge on any atom is -0.367 e. The Bertz CT molecular complexity index is 1500. The number of carbonyl (C=O) groups is 2. The summed E-state index contributed by atoms with van der Waals surface area (Å²) in [6, 6.07) is 31.5. The number of Topliss-reactive ketones (excluding diaryl/α,β-unsaturated/α-hetero) is 1. The predicted octanol–water partition coefficient (Wildman–Crippen LogP) is 7.51. The van der Waals surface area contributed by atoms with Crippen LogP contribution in [0, 0.1) is 5.92 Å². The highest BCUT2D eigenvalue weighted by molar-refractivity contribution is 9.10. The van der Waals surface area contributed by atoms with E-state index in [1.807, 2.05) is 102 Å². The first-order valence-electron chi connectivity index (χ1n) is 12.3. The molecule has 0 fully saturated rings. The first kappa shape index (κ1) is 24.1. The van der Waals surface area contributed by atoms with E-state index in [0.717, 1.165) is 43.4 Å². The van der Waals surface area contributed by atoms with Crippen LogP contribution in [0.3, 0.4) is 0 Å². The molecule has 2 aliphatic rings. The van der Waals surface area contributed by atoms with Crippen LogP contribution < -0.4 is 10.2 Å². The lowest BCUT2D eigenvalue weighted by atomic mass is 9.69. The van der Waals surface area contributed by atoms with Crippen molar-refractivity contribution in [1.29, 1.82) is 0 Å². The van der Waals surface area contributed by atoms with Gasteiger partial charge < -0.3 is 10.2 Å². The summed E-state index contributed by atoms with van der Waals surface area (Å²) in [4.78, 5) is 30.7. The Morgan fingerprint density at radius 3 is 2.32 bits per heavy atom. The quantitative estimate of drug-likeness (QED) is 0.253. The lowest BCUT2D eigenvalue weighted by Crippen LogP contribution is -2.54. The van der Waals surface area contributed by atoms with E-state index in [1.165, 1.54) is 0 Å². The number of rotatable bonds is 5. The van der Waals surface area contributed by atoms with Crippen LogP contribution in [0.25, 0.3) is 0 Å². The normalized spacial score (nSPS) is 20.5. The SMILES string of the molecule is O=C1c2ccccc2CCC1C1(Nc2ccc(Br)cc2)C(=O)N(Cc2ccccc2)c2cc(Br)ccc21. The van der Waals surface area contributed by atoms with Crippen LogP contribution in [0.4, 0.5) is 11.4 Å². The lowest BCUT2D eigenvalue weighted by Gasteiger charge is -2.39. The number of halogens is 2. The maximum Gasteiger partial charge on any atom is 0.258 e. The molecule has 6 rings (SSSR count). The van der Waals surface area contributed by atoms with Gasteiger partial charge in [0.2, 0.25) is 0 Å². The van der Waals surface area contributed by atoms with Crippen LogP contribution >= 0.6 is 31.9 Å². The van der Waals surface area contributed by atoms with Gasteiger partial charge in [0, 0.05) is 25.8 Å². The first-order valence-corrected chi connectivity index (χ1v) is 13.9. The summed E-state index contributed by atoms with van der Waals surface area (Å²) >= 11 is 7.11. The second kappa shape index (κ2) is 9.58. The molecule has 4 aromatic rings. The van der Waals surface area contributed by atoms with Crippen molar-refractivity contribution in [3.8, 4) is 0 Å². The van der Waals surface area contributed by atoms with Gasteiger partial charge in [-0.05, 0) is 60.4 Å². The molecule has 6 heteroatoms. The van der Waals surface area contributed by atoms with Crippen LogP contribution in [0.2, 0.25) is 0 Å². The number of nitrogens with zero attached hydrogens (tertiary/aromatic N) is 1. The topological polar surface area (TPSA) is 49.4 Å². The smallest absolute Gasteiger partial charge is 0.258 e. The highest BCUT2D eigenvalue weighted by Crippen LogP contribution is 2.51. The van der Waals surface area contributed by atoms with Crippen molar-refractivity contribution in [1.82, 2.24) is 0 Å². The van der Waals surface area contributed by atoms with Crippen molar-refractivity contribution in [2.75, 3.05) is 10.2 Å². The van der Waals surface area contributed by atoms with Crippen molar-refractivity contribution in [2.24, 2.45) is 5.92 Å². The van der Waals surface area contributed by atoms with Gasteiger partial charge in [-0.25, -0.2) is 0 Å². The van der Waals surface area contributed by atoms with Crippen molar-refractivity contribution in [3.63, 3.8) is 0 Å². The van der Waals surface area contributed by atoms with Gasteiger partial charge in [-0.1, -0.05) is 92.5 Å². The number of hydrogen-bond acceptors (Lipinski definition) is 3. The summed E-state index contributed by atoms with van der Waals surface area (Å²) in [5.74, 6) is -0.653. The summed E-state index contributed by atoms with van der Waals surface area (Å²) in [6.07, 6.45) is 1.33. The molecule has 0 aromatic heterocycles. The fourth-order valence-electron chi connectivity index (χ4n) is 5.74. The fourth-order valence-corrected chi connectivity index (χ4v) is 6.35. The number of benzene rings is 4. The van der Waals surface area contributed by atoms with Crippen molar-refractivity contribution in [3.05, 3.63) is 128 Å². The molecule has 1 aliphatic carbocycles. The molecule has 37 heavy (non-hydrogen) atoms. The molecule has 0 bridgehead atoms. The molecule has 1 aliphatic heterocycles. The van der Waals surface area contributed by atoms with Gasteiger partial charge in [0.25, 0.3) is 5.91 Å². The number of aryl methyl sites for hydroxylation is 1. The highest BCUT2D eigenvalue weighted by atomic mass is 79.9. The van der Waals surface area contributed by atoms with Gasteiger partial charge in [-0.15, -0.1) is 0 Å². The Balaban J connectivity index is 1.54. The molecule has 4 nitrogen and oxygen atoms in total. The minimum absolute atomic E-state index is 0.00948. The summed E-state index contributed by atoms with van der Waals surface area (Å²) in [6.45, 7) is 0.421. The molecule has 1 N–H and O–H groups in total. The van der Waals surface area contributed by atoms with Crippen molar-refractivity contribution >= 4 is 54.9 Å². The molecule has 0 radical (unpaired) electrons. The van der Waals surface area contributed by atoms with E-state index in [2.05, 4.69) is 37.2 Å². The second-order valence-corrected chi connectivity index (χ2v) is 11.4. The molecule has 1 heterocycles. The fraction of sp³-hybridized carbons (Fsp3) is 0.161. The number of nitrogens with one attached hydrogen (secondary N) is 1. The van der Waals surface area contributed by atoms with Crippen LogP contribution in [0.1, 0.15) is 33.5 Å². The van der Waals surface area contributed by atoms with E-state index in [9.17, 15) is 9.59 Å². The van der Waals surface area contributed by atoms with Crippen LogP contribution in [0.15, 0.2) is 106 Å². The Morgan fingerprint density at radius 2 is 1.54 bits per heavy atom. The van der Waals surface area contributed by atoms with Gasteiger partial charge in [-0.2, -0.15) is 0 Å². The van der Waals surface area contributed by atoms with E-state index in [4.69, 9.17) is 0 Å². The molecule has 1 amide bonds. The average molecular weight is 616 g/mol. The number of ketones is 1. The van der Waals surface area contributed by atoms with Gasteiger partial charge in [0.05, 0.1) is 18.2 Å². The number of hydrogen-bond donors (Lipinski definition) is 1. The van der Waals surface area contributed by atoms with Crippen molar-refractivity contribution < 1.29 is 9.59 Å². The molecule has 2 atom stereocenters. The zero-order valence-electron chi connectivity index (χ0n) is 20.0. The third kappa shape index (κ3) is 4.12. The Labute approximate surface area is 233 Å². The average Bonchev–Trinajstić information content (AvgIpc) is 3.13. The summed E-state index contributed by atoms with van der Waals surface area (Å²) < 4.78 is 1.83. The Morgan fingerprint density at radius 1 is 0.838 bits per heavy atom. The van der Waals surface area contributed by atoms with E-state index < -0.39 is 11.5 Å². The minimum atomic E-state index is -1.23. The predicted molar refractivity (Wildman–Crippen MR) is 154 cm³/mol. The summed E-state index contributed by atoms with van der Waals surface area (Å²) in [5.41, 5.74) is 3.99. The zero-order valence-corrected chi connectivity index (χ0v) is 23.1. The second-order valence-electron chi connectivity index (χ2n) is 9.59. The number of amides is 1. The first-order chi connectivity index (χ1) is 18.0.